The molecule has 14 heteroatoms. The number of anilines is 1. The molecule has 16 atom stereocenters. The maximum absolute atomic E-state index is 15.2. The zero-order valence-electron chi connectivity index (χ0n) is 39.8. The van der Waals surface area contributed by atoms with E-state index in [1.807, 2.05) is 39.0 Å². The van der Waals surface area contributed by atoms with E-state index in [0.29, 0.717) is 50.3 Å². The zero-order chi connectivity index (χ0) is 45.8. The van der Waals surface area contributed by atoms with Crippen LogP contribution in [0.5, 0.6) is 0 Å². The van der Waals surface area contributed by atoms with Crippen molar-refractivity contribution < 1.29 is 47.9 Å². The molecule has 356 valence electrons. The minimum atomic E-state index is -1.28. The van der Waals surface area contributed by atoms with Gasteiger partial charge in [0.05, 0.1) is 36.5 Å². The molecule has 2 N–H and O–H groups in total. The summed E-state index contributed by atoms with van der Waals surface area (Å²) in [5.41, 5.74) is 2.76. The summed E-state index contributed by atoms with van der Waals surface area (Å²) in [7, 11) is 8.96. The Morgan fingerprint density at radius 1 is 0.953 bits per heavy atom. The monoisotopic (exact) mass is 910 g/mol. The molecule has 0 spiro atoms. The molecule has 1 aromatic carbocycles. The van der Waals surface area contributed by atoms with Crippen LogP contribution in [0.1, 0.15) is 120 Å². The van der Waals surface area contributed by atoms with E-state index in [1.165, 1.54) is 0 Å². The van der Waals surface area contributed by atoms with E-state index >= 15 is 4.79 Å². The van der Waals surface area contributed by atoms with Gasteiger partial charge in [-0.2, -0.15) is 0 Å². The second kappa shape index (κ2) is 21.9. The first-order chi connectivity index (χ1) is 30.8. The summed E-state index contributed by atoms with van der Waals surface area (Å²) < 4.78 is 43.6. The number of aliphatic hydroxyl groups is 1. The highest BCUT2D eigenvalue weighted by Gasteiger charge is 2.56. The molecule has 7 rings (SSSR count). The highest BCUT2D eigenvalue weighted by Crippen LogP contribution is 2.63. The van der Waals surface area contributed by atoms with Crippen LogP contribution in [0.4, 0.5) is 5.13 Å². The molecule has 0 bridgehead atoms. The van der Waals surface area contributed by atoms with E-state index in [1.54, 1.807) is 32.7 Å². The molecule has 3 fully saturated rings. The van der Waals surface area contributed by atoms with Gasteiger partial charge in [-0.3, -0.25) is 9.59 Å². The van der Waals surface area contributed by atoms with Gasteiger partial charge in [-0.05, 0) is 101 Å². The first-order valence-corrected chi connectivity index (χ1v) is 24.7. The van der Waals surface area contributed by atoms with Crippen LogP contribution in [0.2, 0.25) is 0 Å². The van der Waals surface area contributed by atoms with Crippen LogP contribution >= 0.6 is 11.3 Å². The number of cyclic esters (lactones) is 1. The fourth-order valence-electron chi connectivity index (χ4n) is 11.7. The van der Waals surface area contributed by atoms with E-state index < -0.39 is 36.6 Å². The lowest BCUT2D eigenvalue weighted by Crippen LogP contribution is -2.50. The first kappa shape index (κ1) is 49.1. The number of rotatable bonds is 16. The van der Waals surface area contributed by atoms with Crippen LogP contribution in [0.3, 0.4) is 0 Å². The highest BCUT2D eigenvalue weighted by atomic mass is 32.1. The Hall–Kier alpha value is -2.79. The third kappa shape index (κ3) is 10.7. The van der Waals surface area contributed by atoms with Crippen molar-refractivity contribution in [2.24, 2.45) is 29.6 Å². The number of methoxy groups -OCH3 is 3. The van der Waals surface area contributed by atoms with E-state index in [4.69, 9.17) is 38.1 Å². The number of carbonyl (C=O) groups is 2. The third-order valence-corrected chi connectivity index (χ3v) is 16.2. The Labute approximate surface area is 385 Å². The minimum absolute atomic E-state index is 0.00306. The summed E-state index contributed by atoms with van der Waals surface area (Å²) in [5, 5.41) is 16.1. The first-order valence-electron chi connectivity index (χ1n) is 23.9. The molecule has 0 amide bonds. The second-order valence-electron chi connectivity index (χ2n) is 19.5. The van der Waals surface area contributed by atoms with Crippen molar-refractivity contribution in [1.29, 1.82) is 0 Å². The maximum Gasteiger partial charge on any atom is 0.306 e. The van der Waals surface area contributed by atoms with Crippen LogP contribution in [0.15, 0.2) is 42.0 Å². The van der Waals surface area contributed by atoms with Crippen molar-refractivity contribution in [2.45, 2.75) is 172 Å². The van der Waals surface area contributed by atoms with E-state index in [-0.39, 0.29) is 78.3 Å². The Bertz CT molecular complexity index is 1880. The predicted molar refractivity (Wildman–Crippen MR) is 246 cm³/mol. The van der Waals surface area contributed by atoms with Gasteiger partial charge in [0.1, 0.15) is 18.3 Å². The van der Waals surface area contributed by atoms with Crippen LogP contribution in [0.25, 0.3) is 0 Å². The van der Waals surface area contributed by atoms with Crippen molar-refractivity contribution in [3.8, 4) is 0 Å². The molecule has 2 aliphatic heterocycles. The highest BCUT2D eigenvalue weighted by molar-refractivity contribution is 7.15. The molecule has 2 aromatic rings. The number of Topliss-reactive ketones (excluding diaryl/α,β-unsaturated/α-hetero) is 1. The molecule has 13 nitrogen and oxygen atoms in total. The topological polar surface area (TPSA) is 147 Å². The lowest BCUT2D eigenvalue weighted by molar-refractivity contribution is -0.236. The summed E-state index contributed by atoms with van der Waals surface area (Å²) in [4.78, 5) is 38.0. The van der Waals surface area contributed by atoms with Crippen LogP contribution in [0, 0.1) is 29.6 Å². The normalized spacial score (nSPS) is 34.0. The zero-order valence-corrected chi connectivity index (χ0v) is 40.6. The number of aliphatic hydroxyl groups excluding tert-OH is 1. The number of ether oxygens (including phenoxy) is 7. The maximum atomic E-state index is 15.2. The fraction of sp³-hybridized carbons (Fsp3) is 0.740. The number of carbonyl (C=O) groups excluding carboxylic acids is 2. The van der Waals surface area contributed by atoms with E-state index in [0.717, 1.165) is 40.5 Å². The van der Waals surface area contributed by atoms with Crippen LogP contribution < -0.4 is 5.32 Å². The lowest BCUT2D eigenvalue weighted by Gasteiger charge is -2.40. The number of nitrogens with zero attached hydrogens (tertiary/aromatic N) is 2. The fourth-order valence-corrected chi connectivity index (χ4v) is 12.9. The number of hydrogen-bond donors (Lipinski definition) is 2. The summed E-state index contributed by atoms with van der Waals surface area (Å²) in [6.07, 6.45) is 3.85. The number of hydrogen-bond acceptors (Lipinski definition) is 14. The number of aromatic nitrogens is 1. The van der Waals surface area contributed by atoms with Gasteiger partial charge in [0.15, 0.2) is 23.5 Å². The summed E-state index contributed by atoms with van der Waals surface area (Å²) >= 11 is 1.66. The molecule has 64 heavy (non-hydrogen) atoms. The summed E-state index contributed by atoms with van der Waals surface area (Å²) in [5.74, 6) is -1.20. The SMILES string of the molecule is CC[C@H]1CCC[C@H](O[C@H]2CC[C@H](N(C)C)C(C)O2)[C@@H](C)C(=O)C2=C[C@@H]3C(c4nc(NCc5ccccc5)sc4C4C[C@@H](OC(O)C(OC)C(OC)C(OC)C(C)C)C[C@H]43)[C@@H]2CC(=O)O1. The lowest BCUT2D eigenvalue weighted by atomic mass is 9.67. The number of allylic oxidation sites excluding steroid dienone is 2. The molecular formula is C50H75N3O10S. The molecule has 7 unspecified atom stereocenters. The van der Waals surface area contributed by atoms with Crippen molar-refractivity contribution in [3.05, 3.63) is 58.1 Å². The summed E-state index contributed by atoms with van der Waals surface area (Å²) in [6, 6.07) is 10.5. The molecule has 2 saturated heterocycles. The molecule has 3 heterocycles. The average Bonchev–Trinajstić information content (AvgIpc) is 3.99. The van der Waals surface area contributed by atoms with Gasteiger partial charge in [0.2, 0.25) is 0 Å². The number of likely N-dealkylation sites (N-methyl/N-ethyl adjacent to an activating group) is 1. The quantitative estimate of drug-likeness (QED) is 0.125. The minimum Gasteiger partial charge on any atom is -0.462 e. The predicted octanol–water partition coefficient (Wildman–Crippen LogP) is 7.86. The molecular weight excluding hydrogens is 835 g/mol. The van der Waals surface area contributed by atoms with E-state index in [2.05, 4.69) is 56.4 Å². The van der Waals surface area contributed by atoms with Crippen molar-refractivity contribution >= 4 is 28.2 Å². The standard InChI is InChI=1S/C50H75N3O10S/c1-11-31-18-15-19-39(63-41-21-20-38(53(6)7)29(5)60-41)28(4)44(55)36-24-34-33-22-32(62-49(56)47(59-10)46(58-9)45(57-8)27(2)3)23-37(33)48-43(42(34)35(36)25-40(54)61-31)52-50(64-48)51-26-30-16-13-12-14-17-30/h12-14,16-17,24,27-29,31-35,37-39,41-42,45-47,49,56H,11,15,18-23,25-26H2,1-10H3,(H,51,52)/t28-,29?,31+,32+,33+,34+,35-,37?,38+,39+,41+,42?,45?,46?,47?,49?/m1/s1. The smallest absolute Gasteiger partial charge is 0.306 e. The van der Waals surface area contributed by atoms with Crippen LogP contribution in [-0.4, -0.2) is 124 Å². The van der Waals surface area contributed by atoms with Gasteiger partial charge in [0, 0.05) is 62.5 Å². The van der Waals surface area contributed by atoms with Gasteiger partial charge >= 0.3 is 5.97 Å². The molecule has 1 aromatic heterocycles. The number of benzene rings is 1. The average molecular weight is 910 g/mol. The van der Waals surface area contributed by atoms with Gasteiger partial charge < -0.3 is 48.5 Å². The van der Waals surface area contributed by atoms with Crippen LogP contribution in [-0.2, 0) is 49.3 Å². The van der Waals surface area contributed by atoms with Gasteiger partial charge in [-0.15, -0.1) is 11.3 Å². The Balaban J connectivity index is 1.21. The van der Waals surface area contributed by atoms with Gasteiger partial charge in [0.25, 0.3) is 0 Å². The second-order valence-corrected chi connectivity index (χ2v) is 20.6. The third-order valence-electron chi connectivity index (χ3n) is 15.0. The van der Waals surface area contributed by atoms with E-state index in [9.17, 15) is 9.90 Å². The Kier molecular flexibility index (Phi) is 16.8. The number of esters is 1. The largest absolute Gasteiger partial charge is 0.462 e. The molecule has 0 radical (unpaired) electrons. The number of nitrogens with one attached hydrogen (secondary N) is 1. The summed E-state index contributed by atoms with van der Waals surface area (Å²) in [6.45, 7) is 10.9. The molecule has 3 aliphatic carbocycles. The van der Waals surface area contributed by atoms with Gasteiger partial charge in [-0.1, -0.05) is 64.1 Å². The van der Waals surface area contributed by atoms with Crippen molar-refractivity contribution in [2.75, 3.05) is 40.7 Å². The number of fused-ring (bicyclic) bond motifs is 8. The van der Waals surface area contributed by atoms with Crippen molar-refractivity contribution in [3.63, 3.8) is 0 Å². The number of thiazole rings is 1. The molecule has 1 saturated carbocycles. The number of ketones is 1. The molecule has 5 aliphatic rings. The Morgan fingerprint density at radius 3 is 2.34 bits per heavy atom. The van der Waals surface area contributed by atoms with Crippen molar-refractivity contribution in [1.82, 2.24) is 9.88 Å². The Morgan fingerprint density at radius 2 is 1.69 bits per heavy atom. The van der Waals surface area contributed by atoms with Gasteiger partial charge in [-0.25, -0.2) is 4.98 Å².